The summed E-state index contributed by atoms with van der Waals surface area (Å²) < 4.78 is 3.02. The minimum absolute atomic E-state index is 0.102. The maximum absolute atomic E-state index is 12.0. The Balaban J connectivity index is 2.07. The molecule has 0 aliphatic rings. The minimum atomic E-state index is -0.102. The van der Waals surface area contributed by atoms with Gasteiger partial charge in [-0.2, -0.15) is 0 Å². The first-order valence-corrected chi connectivity index (χ1v) is 6.32. The molecule has 0 aliphatic heterocycles. The molecule has 0 aromatic carbocycles. The van der Waals surface area contributed by atoms with E-state index < -0.39 is 0 Å². The molecule has 0 bridgehead atoms. The summed E-state index contributed by atoms with van der Waals surface area (Å²) in [6.45, 7) is 6.77. The number of hydrogen-bond acceptors (Lipinski definition) is 4. The first kappa shape index (κ1) is 12.8. The van der Waals surface area contributed by atoms with E-state index in [0.717, 1.165) is 19.5 Å². The van der Waals surface area contributed by atoms with Crippen LogP contribution in [0.4, 0.5) is 0 Å². The molecule has 0 saturated heterocycles. The average Bonchev–Trinajstić information content (AvgIpc) is 2.67. The molecule has 0 radical (unpaired) electrons. The number of nitrogens with one attached hydrogen (secondary N) is 1. The summed E-state index contributed by atoms with van der Waals surface area (Å²) >= 11 is 0. The van der Waals surface area contributed by atoms with E-state index in [1.165, 1.54) is 9.08 Å². The average molecular weight is 249 g/mol. The summed E-state index contributed by atoms with van der Waals surface area (Å²) in [6.07, 6.45) is 5.94. The highest BCUT2D eigenvalue weighted by atomic mass is 16.2. The SMILES string of the molecule is CCCNCC(C)Cn1nc2cnccn2c1=O. The lowest BCUT2D eigenvalue weighted by Crippen LogP contribution is -2.29. The molecule has 0 fully saturated rings. The Bertz CT molecular complexity index is 559. The van der Waals surface area contributed by atoms with Crippen LogP contribution in [-0.2, 0) is 6.54 Å². The van der Waals surface area contributed by atoms with Gasteiger partial charge in [-0.25, -0.2) is 13.9 Å². The molecule has 2 rings (SSSR count). The minimum Gasteiger partial charge on any atom is -0.316 e. The van der Waals surface area contributed by atoms with E-state index in [1.807, 2.05) is 0 Å². The molecule has 0 spiro atoms. The summed E-state index contributed by atoms with van der Waals surface area (Å²) in [6, 6.07) is 0. The first-order valence-electron chi connectivity index (χ1n) is 6.32. The molecular formula is C12H19N5O. The van der Waals surface area contributed by atoms with Gasteiger partial charge in [0.1, 0.15) is 0 Å². The zero-order chi connectivity index (χ0) is 13.0. The molecule has 0 aliphatic carbocycles. The normalized spacial score (nSPS) is 13.0. The topological polar surface area (TPSA) is 64.2 Å². The molecule has 1 N–H and O–H groups in total. The van der Waals surface area contributed by atoms with Crippen LogP contribution in [0.2, 0.25) is 0 Å². The van der Waals surface area contributed by atoms with Crippen LogP contribution in [0.3, 0.4) is 0 Å². The summed E-state index contributed by atoms with van der Waals surface area (Å²) in [5.41, 5.74) is 0.492. The molecule has 0 saturated carbocycles. The molecule has 98 valence electrons. The Morgan fingerprint density at radius 1 is 1.50 bits per heavy atom. The maximum Gasteiger partial charge on any atom is 0.350 e. The Morgan fingerprint density at radius 2 is 2.33 bits per heavy atom. The van der Waals surface area contributed by atoms with Gasteiger partial charge in [0.05, 0.1) is 12.7 Å². The second-order valence-electron chi connectivity index (χ2n) is 4.58. The largest absolute Gasteiger partial charge is 0.350 e. The van der Waals surface area contributed by atoms with Gasteiger partial charge in [-0.1, -0.05) is 13.8 Å². The van der Waals surface area contributed by atoms with E-state index in [-0.39, 0.29) is 5.69 Å². The van der Waals surface area contributed by atoms with E-state index in [2.05, 4.69) is 29.2 Å². The number of aromatic nitrogens is 4. The van der Waals surface area contributed by atoms with Gasteiger partial charge in [0.25, 0.3) is 0 Å². The molecular weight excluding hydrogens is 230 g/mol. The maximum atomic E-state index is 12.0. The van der Waals surface area contributed by atoms with Crippen molar-refractivity contribution in [1.29, 1.82) is 0 Å². The van der Waals surface area contributed by atoms with Crippen LogP contribution in [0.15, 0.2) is 23.4 Å². The fourth-order valence-corrected chi connectivity index (χ4v) is 1.88. The summed E-state index contributed by atoms with van der Waals surface area (Å²) in [5, 5.41) is 7.60. The van der Waals surface area contributed by atoms with E-state index in [4.69, 9.17) is 0 Å². The zero-order valence-electron chi connectivity index (χ0n) is 10.8. The Morgan fingerprint density at radius 3 is 3.06 bits per heavy atom. The smallest absolute Gasteiger partial charge is 0.316 e. The van der Waals surface area contributed by atoms with Gasteiger partial charge >= 0.3 is 5.69 Å². The van der Waals surface area contributed by atoms with Crippen LogP contribution >= 0.6 is 0 Å². The van der Waals surface area contributed by atoms with Crippen molar-refractivity contribution in [2.45, 2.75) is 26.8 Å². The molecule has 0 amide bonds. The number of fused-ring (bicyclic) bond motifs is 1. The first-order chi connectivity index (χ1) is 8.72. The standard InChI is InChI=1S/C12H19N5O/c1-3-4-13-7-10(2)9-17-12(18)16-6-5-14-8-11(16)15-17/h5-6,8,10,13H,3-4,7,9H2,1-2H3. The Labute approximate surface area is 106 Å². The number of nitrogens with zero attached hydrogens (tertiary/aromatic N) is 4. The lowest BCUT2D eigenvalue weighted by Gasteiger charge is -2.11. The van der Waals surface area contributed by atoms with E-state index in [9.17, 15) is 4.79 Å². The van der Waals surface area contributed by atoms with Crippen molar-refractivity contribution < 1.29 is 0 Å². The molecule has 2 heterocycles. The third-order valence-electron chi connectivity index (χ3n) is 2.79. The van der Waals surface area contributed by atoms with Gasteiger partial charge in [0.15, 0.2) is 5.65 Å². The second-order valence-corrected chi connectivity index (χ2v) is 4.58. The van der Waals surface area contributed by atoms with Gasteiger partial charge in [-0.05, 0) is 25.4 Å². The molecule has 6 nitrogen and oxygen atoms in total. The van der Waals surface area contributed by atoms with Gasteiger partial charge < -0.3 is 5.32 Å². The zero-order valence-corrected chi connectivity index (χ0v) is 10.8. The van der Waals surface area contributed by atoms with Crippen LogP contribution in [0.5, 0.6) is 0 Å². The number of rotatable bonds is 6. The van der Waals surface area contributed by atoms with Crippen molar-refractivity contribution in [2.75, 3.05) is 13.1 Å². The van der Waals surface area contributed by atoms with Gasteiger partial charge in [-0.3, -0.25) is 4.98 Å². The van der Waals surface area contributed by atoms with Crippen LogP contribution in [0.1, 0.15) is 20.3 Å². The molecule has 18 heavy (non-hydrogen) atoms. The highest BCUT2D eigenvalue weighted by Gasteiger charge is 2.09. The monoisotopic (exact) mass is 249 g/mol. The summed E-state index contributed by atoms with van der Waals surface area (Å²) in [5.74, 6) is 0.368. The fourth-order valence-electron chi connectivity index (χ4n) is 1.88. The third kappa shape index (κ3) is 2.76. The van der Waals surface area contributed by atoms with Gasteiger partial charge in [0, 0.05) is 12.4 Å². The van der Waals surface area contributed by atoms with Gasteiger partial charge in [0.2, 0.25) is 0 Å². The van der Waals surface area contributed by atoms with Crippen molar-refractivity contribution >= 4 is 5.65 Å². The lowest BCUT2D eigenvalue weighted by atomic mass is 10.2. The van der Waals surface area contributed by atoms with E-state index in [0.29, 0.717) is 18.1 Å². The van der Waals surface area contributed by atoms with Crippen molar-refractivity contribution in [1.82, 2.24) is 24.5 Å². The van der Waals surface area contributed by atoms with Crippen LogP contribution < -0.4 is 11.0 Å². The molecule has 2 aromatic rings. The van der Waals surface area contributed by atoms with Crippen LogP contribution in [0, 0.1) is 5.92 Å². The molecule has 1 atom stereocenters. The molecule has 6 heteroatoms. The van der Waals surface area contributed by atoms with Crippen molar-refractivity contribution in [3.05, 3.63) is 29.1 Å². The third-order valence-corrected chi connectivity index (χ3v) is 2.79. The summed E-state index contributed by atoms with van der Waals surface area (Å²) in [7, 11) is 0. The van der Waals surface area contributed by atoms with Gasteiger partial charge in [-0.15, -0.1) is 5.10 Å². The van der Waals surface area contributed by atoms with Crippen LogP contribution in [-0.4, -0.2) is 32.3 Å². The molecule has 2 aromatic heterocycles. The second kappa shape index (κ2) is 5.77. The summed E-state index contributed by atoms with van der Waals surface area (Å²) in [4.78, 5) is 16.0. The highest BCUT2D eigenvalue weighted by Crippen LogP contribution is 1.98. The lowest BCUT2D eigenvalue weighted by molar-refractivity contribution is 0.415. The quantitative estimate of drug-likeness (QED) is 0.758. The number of hydrogen-bond donors (Lipinski definition) is 1. The van der Waals surface area contributed by atoms with Crippen molar-refractivity contribution in [2.24, 2.45) is 5.92 Å². The predicted octanol–water partition coefficient (Wildman–Crippen LogP) is 0.527. The highest BCUT2D eigenvalue weighted by molar-refractivity contribution is 5.31. The van der Waals surface area contributed by atoms with E-state index in [1.54, 1.807) is 18.6 Å². The Hall–Kier alpha value is -1.69. The fraction of sp³-hybridized carbons (Fsp3) is 0.583. The van der Waals surface area contributed by atoms with Crippen molar-refractivity contribution in [3.8, 4) is 0 Å². The molecule has 1 unspecified atom stereocenters. The van der Waals surface area contributed by atoms with Crippen LogP contribution in [0.25, 0.3) is 5.65 Å². The van der Waals surface area contributed by atoms with Crippen molar-refractivity contribution in [3.63, 3.8) is 0 Å². The Kier molecular flexibility index (Phi) is 4.09. The van der Waals surface area contributed by atoms with E-state index >= 15 is 0 Å². The predicted molar refractivity (Wildman–Crippen MR) is 69.6 cm³/mol.